The summed E-state index contributed by atoms with van der Waals surface area (Å²) >= 11 is 0. The zero-order valence-electron chi connectivity index (χ0n) is 10.9. The number of ether oxygens (including phenoxy) is 2. The average Bonchev–Trinajstić information content (AvgIpc) is 2.60. The Morgan fingerprint density at radius 3 is 2.72 bits per heavy atom. The lowest BCUT2D eigenvalue weighted by Gasteiger charge is -2.20. The zero-order chi connectivity index (χ0) is 13.0. The van der Waals surface area contributed by atoms with E-state index in [1.165, 1.54) is 0 Å². The van der Waals surface area contributed by atoms with Crippen molar-refractivity contribution in [3.8, 4) is 11.5 Å². The lowest BCUT2D eigenvalue weighted by Crippen LogP contribution is -2.20. The van der Waals surface area contributed by atoms with Crippen molar-refractivity contribution in [1.29, 1.82) is 0 Å². The zero-order valence-corrected chi connectivity index (χ0v) is 10.9. The monoisotopic (exact) mass is 249 g/mol. The summed E-state index contributed by atoms with van der Waals surface area (Å²) < 4.78 is 11.2. The van der Waals surface area contributed by atoms with Crippen molar-refractivity contribution in [2.24, 2.45) is 0 Å². The van der Waals surface area contributed by atoms with Gasteiger partial charge in [0.1, 0.15) is 5.78 Å². The van der Waals surface area contributed by atoms with Crippen LogP contribution in [-0.2, 0) is 4.79 Å². The minimum atomic E-state index is 0.205. The third kappa shape index (κ3) is 3.15. The third-order valence-electron chi connectivity index (χ3n) is 2.97. The van der Waals surface area contributed by atoms with Crippen molar-refractivity contribution in [3.63, 3.8) is 0 Å². The first kappa shape index (κ1) is 12.7. The van der Waals surface area contributed by atoms with Crippen LogP contribution in [-0.4, -0.2) is 32.6 Å². The van der Waals surface area contributed by atoms with E-state index >= 15 is 0 Å². The number of Topliss-reactive ketones (excluding diaryl/α,β-unsaturated/α-hetero) is 1. The lowest BCUT2D eigenvalue weighted by molar-refractivity contribution is -0.116. The van der Waals surface area contributed by atoms with Crippen molar-refractivity contribution in [3.05, 3.63) is 18.2 Å². The van der Waals surface area contributed by atoms with Crippen LogP contribution >= 0.6 is 0 Å². The molecule has 0 unspecified atom stereocenters. The molecule has 0 aliphatic carbocycles. The number of ketones is 1. The van der Waals surface area contributed by atoms with Crippen LogP contribution in [0.4, 0.5) is 5.69 Å². The molecule has 1 aromatic rings. The van der Waals surface area contributed by atoms with Gasteiger partial charge in [-0.1, -0.05) is 0 Å². The van der Waals surface area contributed by atoms with Crippen molar-refractivity contribution < 1.29 is 14.3 Å². The molecule has 0 spiro atoms. The van der Waals surface area contributed by atoms with Crippen LogP contribution in [0, 0.1) is 0 Å². The van der Waals surface area contributed by atoms with Crippen LogP contribution in [0.2, 0.25) is 0 Å². The number of fused-ring (bicyclic) bond motifs is 1. The Labute approximate surface area is 107 Å². The number of hydrogen-bond acceptors (Lipinski definition) is 4. The Morgan fingerprint density at radius 1 is 1.28 bits per heavy atom. The van der Waals surface area contributed by atoms with E-state index in [2.05, 4.69) is 4.90 Å². The fraction of sp³-hybridized carbons (Fsp3) is 0.500. The van der Waals surface area contributed by atoms with E-state index in [1.807, 2.05) is 25.2 Å². The predicted molar refractivity (Wildman–Crippen MR) is 70.6 cm³/mol. The van der Waals surface area contributed by atoms with Crippen molar-refractivity contribution >= 4 is 11.5 Å². The van der Waals surface area contributed by atoms with Crippen molar-refractivity contribution in [2.45, 2.75) is 19.8 Å². The second kappa shape index (κ2) is 5.76. The number of rotatable bonds is 4. The van der Waals surface area contributed by atoms with Crippen LogP contribution in [0.3, 0.4) is 0 Å². The fourth-order valence-corrected chi connectivity index (χ4v) is 1.84. The Morgan fingerprint density at radius 2 is 2.00 bits per heavy atom. The number of anilines is 1. The summed E-state index contributed by atoms with van der Waals surface area (Å²) in [4.78, 5) is 13.0. The van der Waals surface area contributed by atoms with E-state index in [4.69, 9.17) is 9.47 Å². The van der Waals surface area contributed by atoms with Crippen LogP contribution in [0.1, 0.15) is 19.8 Å². The number of nitrogens with zero attached hydrogens (tertiary/aromatic N) is 1. The van der Waals surface area contributed by atoms with Crippen LogP contribution < -0.4 is 14.4 Å². The molecule has 0 radical (unpaired) electrons. The van der Waals surface area contributed by atoms with Gasteiger partial charge in [0.15, 0.2) is 11.5 Å². The van der Waals surface area contributed by atoms with Crippen LogP contribution in [0.25, 0.3) is 0 Å². The fourth-order valence-electron chi connectivity index (χ4n) is 1.84. The summed E-state index contributed by atoms with van der Waals surface area (Å²) in [6, 6.07) is 5.90. The van der Waals surface area contributed by atoms with E-state index < -0.39 is 0 Å². The smallest absolute Gasteiger partial charge is 0.163 e. The highest BCUT2D eigenvalue weighted by molar-refractivity contribution is 5.76. The molecule has 1 aliphatic rings. The third-order valence-corrected chi connectivity index (χ3v) is 2.97. The molecule has 1 aliphatic heterocycles. The quantitative estimate of drug-likeness (QED) is 0.820. The molecule has 0 aromatic heterocycles. The first-order chi connectivity index (χ1) is 8.66. The molecule has 0 bridgehead atoms. The summed E-state index contributed by atoms with van der Waals surface area (Å²) in [5.41, 5.74) is 1.04. The van der Waals surface area contributed by atoms with Gasteiger partial charge in [-0.15, -0.1) is 0 Å². The molecule has 2 rings (SSSR count). The molecule has 1 heterocycles. The van der Waals surface area contributed by atoms with E-state index in [0.717, 1.165) is 30.2 Å². The molecular weight excluding hydrogens is 230 g/mol. The molecule has 0 saturated heterocycles. The first-order valence-electron chi connectivity index (χ1n) is 6.27. The topological polar surface area (TPSA) is 38.8 Å². The van der Waals surface area contributed by atoms with Gasteiger partial charge >= 0.3 is 0 Å². The van der Waals surface area contributed by atoms with Crippen LogP contribution in [0.5, 0.6) is 11.5 Å². The molecule has 0 atom stereocenters. The van der Waals surface area contributed by atoms with E-state index in [1.54, 1.807) is 6.92 Å². The Balaban J connectivity index is 2.09. The van der Waals surface area contributed by atoms with Gasteiger partial charge in [0, 0.05) is 38.2 Å². The first-order valence-corrected chi connectivity index (χ1v) is 6.27. The Kier molecular flexibility index (Phi) is 4.07. The second-order valence-electron chi connectivity index (χ2n) is 4.56. The normalized spacial score (nSPS) is 13.9. The Bertz CT molecular complexity index is 431. The summed E-state index contributed by atoms with van der Waals surface area (Å²) in [6.45, 7) is 3.72. The number of benzene rings is 1. The van der Waals surface area contributed by atoms with E-state index in [0.29, 0.717) is 19.6 Å². The lowest BCUT2D eigenvalue weighted by atomic mass is 10.2. The number of carbonyl (C=O) groups is 1. The highest BCUT2D eigenvalue weighted by Crippen LogP contribution is 2.33. The summed E-state index contributed by atoms with van der Waals surface area (Å²) in [7, 11) is 1.97. The minimum Gasteiger partial charge on any atom is -0.490 e. The molecule has 1 aromatic carbocycles. The van der Waals surface area contributed by atoms with Gasteiger partial charge in [-0.2, -0.15) is 0 Å². The highest BCUT2D eigenvalue weighted by atomic mass is 16.5. The van der Waals surface area contributed by atoms with Gasteiger partial charge < -0.3 is 14.4 Å². The highest BCUT2D eigenvalue weighted by Gasteiger charge is 2.12. The van der Waals surface area contributed by atoms with Crippen LogP contribution in [0.15, 0.2) is 18.2 Å². The van der Waals surface area contributed by atoms with Gasteiger partial charge in [0.05, 0.1) is 13.2 Å². The van der Waals surface area contributed by atoms with Gasteiger partial charge in [-0.25, -0.2) is 0 Å². The molecule has 0 N–H and O–H groups in total. The van der Waals surface area contributed by atoms with Gasteiger partial charge in [-0.05, 0) is 19.1 Å². The summed E-state index contributed by atoms with van der Waals surface area (Å²) in [5, 5.41) is 0. The molecular formula is C14H19NO3. The standard InChI is InChI=1S/C14H19NO3/c1-11(16)6-7-15(2)12-4-5-13-14(10-12)18-9-3-8-17-13/h4-5,10H,3,6-9H2,1-2H3. The largest absolute Gasteiger partial charge is 0.490 e. The number of carbonyl (C=O) groups excluding carboxylic acids is 1. The maximum absolute atomic E-state index is 11.0. The number of hydrogen-bond donors (Lipinski definition) is 0. The molecule has 98 valence electrons. The summed E-state index contributed by atoms with van der Waals surface area (Å²) in [5.74, 6) is 1.80. The van der Waals surface area contributed by atoms with Crippen molar-refractivity contribution in [2.75, 3.05) is 31.7 Å². The second-order valence-corrected chi connectivity index (χ2v) is 4.56. The van der Waals surface area contributed by atoms with E-state index in [9.17, 15) is 4.79 Å². The molecule has 0 fully saturated rings. The van der Waals surface area contributed by atoms with Crippen molar-refractivity contribution in [1.82, 2.24) is 0 Å². The molecule has 0 saturated carbocycles. The Hall–Kier alpha value is -1.71. The van der Waals surface area contributed by atoms with E-state index in [-0.39, 0.29) is 5.78 Å². The molecule has 0 amide bonds. The molecule has 4 heteroatoms. The minimum absolute atomic E-state index is 0.205. The van der Waals surface area contributed by atoms with Gasteiger partial charge in [-0.3, -0.25) is 4.79 Å². The average molecular weight is 249 g/mol. The maximum atomic E-state index is 11.0. The van der Waals surface area contributed by atoms with Gasteiger partial charge in [0.2, 0.25) is 0 Å². The summed E-state index contributed by atoms with van der Waals surface area (Å²) in [6.07, 6.45) is 1.47. The SMILES string of the molecule is CC(=O)CCN(C)c1ccc2c(c1)OCCCO2. The maximum Gasteiger partial charge on any atom is 0.163 e. The molecule has 4 nitrogen and oxygen atoms in total. The van der Waals surface area contributed by atoms with Gasteiger partial charge in [0.25, 0.3) is 0 Å². The molecule has 18 heavy (non-hydrogen) atoms. The predicted octanol–water partition coefficient (Wildman–Crippen LogP) is 2.26.